The van der Waals surface area contributed by atoms with Crippen LogP contribution in [0.15, 0.2) is 30.3 Å². The van der Waals surface area contributed by atoms with Crippen LogP contribution in [0.4, 0.5) is 0 Å². The molecule has 0 N–H and O–H groups in total. The van der Waals surface area contributed by atoms with Crippen molar-refractivity contribution in [2.45, 2.75) is 39.5 Å². The number of benzene rings is 1. The third kappa shape index (κ3) is 10.0. The minimum atomic E-state index is -0.368. The highest BCUT2D eigenvalue weighted by Crippen LogP contribution is 2.08. The Morgan fingerprint density at radius 3 is 2.25 bits per heavy atom. The molecule has 5 heteroatoms. The zero-order valence-corrected chi connectivity index (χ0v) is 14.7. The Kier molecular flexibility index (Phi) is 10.5. The molecule has 1 aromatic carbocycles. The lowest BCUT2D eigenvalue weighted by Crippen LogP contribution is -2.14. The van der Waals surface area contributed by atoms with E-state index in [4.69, 9.17) is 14.2 Å². The van der Waals surface area contributed by atoms with Crippen molar-refractivity contribution in [1.82, 2.24) is 0 Å². The molecule has 1 rings (SSSR count). The van der Waals surface area contributed by atoms with E-state index in [0.717, 1.165) is 19.3 Å². The van der Waals surface area contributed by atoms with Crippen LogP contribution in [0, 0.1) is 5.92 Å². The summed E-state index contributed by atoms with van der Waals surface area (Å²) in [6.07, 6.45) is 3.52. The summed E-state index contributed by atoms with van der Waals surface area (Å²) in [5.41, 5.74) is 0.517. The molecule has 0 amide bonds. The Hall–Kier alpha value is -1.88. The normalized spacial score (nSPS) is 10.6. The van der Waals surface area contributed by atoms with Crippen LogP contribution < -0.4 is 0 Å². The third-order valence-corrected chi connectivity index (χ3v) is 3.37. The Bertz CT molecular complexity index is 470. The molecule has 0 unspecified atom stereocenters. The van der Waals surface area contributed by atoms with Crippen molar-refractivity contribution in [1.29, 1.82) is 0 Å². The summed E-state index contributed by atoms with van der Waals surface area (Å²) in [4.78, 5) is 23.1. The average Bonchev–Trinajstić information content (AvgIpc) is 2.58. The van der Waals surface area contributed by atoms with Gasteiger partial charge in [0.15, 0.2) is 0 Å². The molecule has 24 heavy (non-hydrogen) atoms. The smallest absolute Gasteiger partial charge is 0.338 e. The lowest BCUT2D eigenvalue weighted by molar-refractivity contribution is -0.145. The van der Waals surface area contributed by atoms with Crippen molar-refractivity contribution < 1.29 is 23.8 Å². The first-order valence-electron chi connectivity index (χ1n) is 8.55. The van der Waals surface area contributed by atoms with E-state index in [2.05, 4.69) is 13.8 Å². The molecule has 0 aliphatic rings. The van der Waals surface area contributed by atoms with Gasteiger partial charge in [0, 0.05) is 6.42 Å². The number of carbonyl (C=O) groups excluding carboxylic acids is 2. The summed E-state index contributed by atoms with van der Waals surface area (Å²) < 4.78 is 15.4. The van der Waals surface area contributed by atoms with Gasteiger partial charge in [-0.2, -0.15) is 0 Å². The van der Waals surface area contributed by atoms with E-state index in [-0.39, 0.29) is 31.8 Å². The standard InChI is InChI=1S/C19H28O5/c1-16(2)8-6-7-11-18(20)23-14-12-22-13-15-24-19(21)17-9-4-3-5-10-17/h3-5,9-10,16H,6-8,11-15H2,1-2H3. The molecule has 0 aliphatic heterocycles. The summed E-state index contributed by atoms with van der Waals surface area (Å²) in [6.45, 7) is 5.34. The van der Waals surface area contributed by atoms with Gasteiger partial charge in [-0.3, -0.25) is 4.79 Å². The molecule has 1 aromatic rings. The predicted molar refractivity (Wildman–Crippen MR) is 91.8 cm³/mol. The molecular formula is C19H28O5. The molecule has 0 atom stereocenters. The maximum Gasteiger partial charge on any atom is 0.338 e. The van der Waals surface area contributed by atoms with E-state index >= 15 is 0 Å². The Balaban J connectivity index is 1.93. The first kappa shape index (κ1) is 20.2. The number of hydrogen-bond donors (Lipinski definition) is 0. The van der Waals surface area contributed by atoms with Crippen molar-refractivity contribution in [2.24, 2.45) is 5.92 Å². The van der Waals surface area contributed by atoms with Crippen molar-refractivity contribution in [3.63, 3.8) is 0 Å². The van der Waals surface area contributed by atoms with Gasteiger partial charge in [-0.25, -0.2) is 4.79 Å². The summed E-state index contributed by atoms with van der Waals surface area (Å²) >= 11 is 0. The number of rotatable bonds is 12. The quantitative estimate of drug-likeness (QED) is 0.431. The van der Waals surface area contributed by atoms with Gasteiger partial charge in [-0.1, -0.05) is 44.9 Å². The minimum absolute atomic E-state index is 0.177. The van der Waals surface area contributed by atoms with Gasteiger partial charge in [-0.15, -0.1) is 0 Å². The number of carbonyl (C=O) groups is 2. The van der Waals surface area contributed by atoms with Crippen molar-refractivity contribution in [2.75, 3.05) is 26.4 Å². The number of hydrogen-bond acceptors (Lipinski definition) is 5. The molecule has 0 aliphatic carbocycles. The summed E-state index contributed by atoms with van der Waals surface area (Å²) in [7, 11) is 0. The largest absolute Gasteiger partial charge is 0.463 e. The molecule has 0 radical (unpaired) electrons. The highest BCUT2D eigenvalue weighted by Gasteiger charge is 2.06. The molecule has 0 aromatic heterocycles. The van der Waals surface area contributed by atoms with E-state index in [9.17, 15) is 9.59 Å². The van der Waals surface area contributed by atoms with Crippen molar-refractivity contribution in [3.05, 3.63) is 35.9 Å². The topological polar surface area (TPSA) is 61.8 Å². The van der Waals surface area contributed by atoms with Crippen LogP contribution in [0.25, 0.3) is 0 Å². The third-order valence-electron chi connectivity index (χ3n) is 3.37. The van der Waals surface area contributed by atoms with Crippen LogP contribution in [-0.2, 0) is 19.0 Å². The fraction of sp³-hybridized carbons (Fsp3) is 0.579. The minimum Gasteiger partial charge on any atom is -0.463 e. The molecular weight excluding hydrogens is 308 g/mol. The number of esters is 2. The van der Waals surface area contributed by atoms with Crippen LogP contribution in [0.2, 0.25) is 0 Å². The molecule has 134 valence electrons. The van der Waals surface area contributed by atoms with Gasteiger partial charge in [0.2, 0.25) is 0 Å². The van der Waals surface area contributed by atoms with Gasteiger partial charge in [-0.05, 0) is 24.5 Å². The van der Waals surface area contributed by atoms with Crippen LogP contribution >= 0.6 is 0 Å². The zero-order chi connectivity index (χ0) is 17.6. The maximum absolute atomic E-state index is 11.6. The van der Waals surface area contributed by atoms with Gasteiger partial charge >= 0.3 is 11.9 Å². The lowest BCUT2D eigenvalue weighted by atomic mass is 10.1. The maximum atomic E-state index is 11.6. The summed E-state index contributed by atoms with van der Waals surface area (Å²) in [5, 5.41) is 0. The predicted octanol–water partition coefficient (Wildman–Crippen LogP) is 3.62. The molecule has 0 bridgehead atoms. The van der Waals surface area contributed by atoms with Gasteiger partial charge in [0.1, 0.15) is 13.2 Å². The first-order chi connectivity index (χ1) is 11.6. The average molecular weight is 336 g/mol. The molecule has 0 saturated carbocycles. The first-order valence-corrected chi connectivity index (χ1v) is 8.55. The van der Waals surface area contributed by atoms with Crippen LogP contribution in [-0.4, -0.2) is 38.4 Å². The summed E-state index contributed by atoms with van der Waals surface area (Å²) in [6, 6.07) is 8.80. The van der Waals surface area contributed by atoms with Gasteiger partial charge in [0.05, 0.1) is 18.8 Å². The Morgan fingerprint density at radius 2 is 1.58 bits per heavy atom. The molecule has 0 heterocycles. The van der Waals surface area contributed by atoms with Gasteiger partial charge < -0.3 is 14.2 Å². The highest BCUT2D eigenvalue weighted by molar-refractivity contribution is 5.89. The SMILES string of the molecule is CC(C)CCCCC(=O)OCCOCCOC(=O)c1ccccc1. The van der Waals surface area contributed by atoms with Gasteiger partial charge in [0.25, 0.3) is 0 Å². The summed E-state index contributed by atoms with van der Waals surface area (Å²) in [5.74, 6) is 0.121. The molecule has 0 fully saturated rings. The Morgan fingerprint density at radius 1 is 0.917 bits per heavy atom. The van der Waals surface area contributed by atoms with Crippen LogP contribution in [0.1, 0.15) is 49.9 Å². The Labute approximate surface area is 144 Å². The van der Waals surface area contributed by atoms with Crippen molar-refractivity contribution >= 4 is 11.9 Å². The monoisotopic (exact) mass is 336 g/mol. The van der Waals surface area contributed by atoms with Crippen LogP contribution in [0.5, 0.6) is 0 Å². The molecule has 5 nitrogen and oxygen atoms in total. The zero-order valence-electron chi connectivity index (χ0n) is 14.7. The second-order valence-corrected chi connectivity index (χ2v) is 5.97. The number of unbranched alkanes of at least 4 members (excludes halogenated alkanes) is 1. The van der Waals surface area contributed by atoms with Crippen molar-refractivity contribution in [3.8, 4) is 0 Å². The van der Waals surface area contributed by atoms with E-state index in [1.54, 1.807) is 24.3 Å². The number of ether oxygens (including phenoxy) is 3. The fourth-order valence-corrected chi connectivity index (χ4v) is 2.06. The lowest BCUT2D eigenvalue weighted by Gasteiger charge is -2.07. The molecule has 0 spiro atoms. The second-order valence-electron chi connectivity index (χ2n) is 5.97. The van der Waals surface area contributed by atoms with E-state index in [0.29, 0.717) is 24.5 Å². The fourth-order valence-electron chi connectivity index (χ4n) is 2.06. The van der Waals surface area contributed by atoms with E-state index < -0.39 is 0 Å². The van der Waals surface area contributed by atoms with Crippen LogP contribution in [0.3, 0.4) is 0 Å². The highest BCUT2D eigenvalue weighted by atomic mass is 16.6. The molecule has 0 saturated heterocycles. The second kappa shape index (κ2) is 12.5. The van der Waals surface area contributed by atoms with E-state index in [1.807, 2.05) is 6.07 Å². The van der Waals surface area contributed by atoms with E-state index in [1.165, 1.54) is 0 Å².